The molecule has 3 N–H and O–H groups in total. The van der Waals surface area contributed by atoms with Crippen molar-refractivity contribution in [2.75, 3.05) is 19.8 Å². The van der Waals surface area contributed by atoms with Gasteiger partial charge in [0.25, 0.3) is 0 Å². The fraction of sp³-hybridized carbons (Fsp3) is 0.400. The lowest BCUT2D eigenvalue weighted by Gasteiger charge is -2.12. The Balaban J connectivity index is 1.88. The van der Waals surface area contributed by atoms with E-state index < -0.39 is 0 Å². The fourth-order valence-corrected chi connectivity index (χ4v) is 1.99. The average molecular weight is 274 g/mol. The first kappa shape index (κ1) is 14.4. The molecule has 0 bridgehead atoms. The van der Waals surface area contributed by atoms with E-state index in [2.05, 4.69) is 22.5 Å². The van der Waals surface area contributed by atoms with E-state index in [4.69, 9.17) is 9.84 Å². The van der Waals surface area contributed by atoms with Crippen LogP contribution >= 0.6 is 0 Å². The number of nitrogens with one attached hydrogen (secondary N) is 2. The minimum Gasteiger partial charge on any atom is -0.384 e. The van der Waals surface area contributed by atoms with Crippen LogP contribution in [0.25, 0.3) is 0 Å². The number of hydrogen-bond acceptors (Lipinski definition) is 3. The van der Waals surface area contributed by atoms with E-state index in [0.717, 1.165) is 17.5 Å². The third-order valence-electron chi connectivity index (χ3n) is 3.02. The summed E-state index contributed by atoms with van der Waals surface area (Å²) in [5.41, 5.74) is 1.73. The lowest BCUT2D eigenvalue weighted by molar-refractivity contribution is 0.188. The maximum Gasteiger partial charge on any atom is 0.315 e. The second-order valence-corrected chi connectivity index (χ2v) is 4.50. The molecule has 1 saturated heterocycles. The molecular formula is C15H18N2O3. The maximum absolute atomic E-state index is 11.7. The van der Waals surface area contributed by atoms with Crippen LogP contribution in [0.4, 0.5) is 4.79 Å². The predicted molar refractivity (Wildman–Crippen MR) is 75.0 cm³/mol. The monoisotopic (exact) mass is 274 g/mol. The fourth-order valence-electron chi connectivity index (χ4n) is 1.99. The standard InChI is InChI=1S/C15H18N2O3/c18-8-3-6-12-4-1-2-5-13(12)10-16-15(19)17-14-7-9-20-11-14/h1-2,4-5,14,18H,7-11H2,(H2,16,17,19). The summed E-state index contributed by atoms with van der Waals surface area (Å²) in [6.07, 6.45) is 0.853. The second kappa shape index (κ2) is 7.53. The van der Waals surface area contributed by atoms with Crippen molar-refractivity contribution in [3.8, 4) is 11.8 Å². The van der Waals surface area contributed by atoms with Gasteiger partial charge in [0.1, 0.15) is 6.61 Å². The maximum atomic E-state index is 11.7. The molecule has 2 amide bonds. The van der Waals surface area contributed by atoms with Crippen LogP contribution in [0.2, 0.25) is 0 Å². The number of amides is 2. The Hall–Kier alpha value is -2.03. The molecule has 0 aliphatic carbocycles. The van der Waals surface area contributed by atoms with Crippen molar-refractivity contribution in [2.45, 2.75) is 19.0 Å². The van der Waals surface area contributed by atoms with Gasteiger partial charge in [0, 0.05) is 18.7 Å². The normalized spacial score (nSPS) is 17.1. The zero-order valence-electron chi connectivity index (χ0n) is 11.2. The van der Waals surface area contributed by atoms with Crippen molar-refractivity contribution in [1.29, 1.82) is 0 Å². The molecule has 20 heavy (non-hydrogen) atoms. The van der Waals surface area contributed by atoms with Crippen LogP contribution in [0.15, 0.2) is 24.3 Å². The van der Waals surface area contributed by atoms with Gasteiger partial charge < -0.3 is 20.5 Å². The Morgan fingerprint density at radius 3 is 3.05 bits per heavy atom. The highest BCUT2D eigenvalue weighted by Gasteiger charge is 2.17. The summed E-state index contributed by atoms with van der Waals surface area (Å²) in [5, 5.41) is 14.4. The Bertz CT molecular complexity index is 513. The van der Waals surface area contributed by atoms with E-state index in [0.29, 0.717) is 19.8 Å². The summed E-state index contributed by atoms with van der Waals surface area (Å²) in [5.74, 6) is 5.48. The molecule has 1 fully saturated rings. The Kier molecular flexibility index (Phi) is 5.42. The van der Waals surface area contributed by atoms with Gasteiger partial charge in [-0.3, -0.25) is 0 Å². The minimum absolute atomic E-state index is 0.0967. The molecule has 5 nitrogen and oxygen atoms in total. The Morgan fingerprint density at radius 1 is 1.45 bits per heavy atom. The smallest absolute Gasteiger partial charge is 0.315 e. The largest absolute Gasteiger partial charge is 0.384 e. The number of aliphatic hydroxyl groups excluding tert-OH is 1. The highest BCUT2D eigenvalue weighted by molar-refractivity contribution is 5.74. The topological polar surface area (TPSA) is 70.6 Å². The second-order valence-electron chi connectivity index (χ2n) is 4.50. The molecule has 1 aliphatic heterocycles. The highest BCUT2D eigenvalue weighted by atomic mass is 16.5. The van der Waals surface area contributed by atoms with Crippen molar-refractivity contribution in [3.63, 3.8) is 0 Å². The van der Waals surface area contributed by atoms with Gasteiger partial charge in [0.2, 0.25) is 0 Å². The molecular weight excluding hydrogens is 256 g/mol. The van der Waals surface area contributed by atoms with Gasteiger partial charge in [-0.2, -0.15) is 0 Å². The van der Waals surface area contributed by atoms with Gasteiger partial charge in [-0.1, -0.05) is 30.0 Å². The summed E-state index contributed by atoms with van der Waals surface area (Å²) in [6, 6.07) is 7.43. The molecule has 1 unspecified atom stereocenters. The first-order valence-corrected chi connectivity index (χ1v) is 6.59. The third-order valence-corrected chi connectivity index (χ3v) is 3.02. The average Bonchev–Trinajstić information content (AvgIpc) is 2.96. The lowest BCUT2D eigenvalue weighted by atomic mass is 10.1. The molecule has 5 heteroatoms. The zero-order valence-corrected chi connectivity index (χ0v) is 11.2. The number of ether oxygens (including phenoxy) is 1. The number of aliphatic hydroxyl groups is 1. The molecule has 0 radical (unpaired) electrons. The van der Waals surface area contributed by atoms with E-state index in [1.165, 1.54) is 0 Å². The van der Waals surface area contributed by atoms with Gasteiger partial charge in [0.05, 0.1) is 12.6 Å². The molecule has 2 rings (SSSR count). The van der Waals surface area contributed by atoms with Crippen LogP contribution in [0.1, 0.15) is 17.5 Å². The van der Waals surface area contributed by atoms with Crippen LogP contribution in [-0.2, 0) is 11.3 Å². The number of hydrogen-bond donors (Lipinski definition) is 3. The van der Waals surface area contributed by atoms with Crippen LogP contribution in [0.3, 0.4) is 0 Å². The molecule has 1 aromatic rings. The van der Waals surface area contributed by atoms with Gasteiger partial charge >= 0.3 is 6.03 Å². The van der Waals surface area contributed by atoms with E-state index in [1.807, 2.05) is 24.3 Å². The molecule has 1 aromatic carbocycles. The van der Waals surface area contributed by atoms with Crippen LogP contribution < -0.4 is 10.6 Å². The van der Waals surface area contributed by atoms with E-state index in [9.17, 15) is 4.79 Å². The van der Waals surface area contributed by atoms with Crippen molar-refractivity contribution in [2.24, 2.45) is 0 Å². The minimum atomic E-state index is -0.203. The molecule has 1 heterocycles. The SMILES string of the molecule is O=C(NCc1ccccc1C#CCO)NC1CCOC1. The van der Waals surface area contributed by atoms with Gasteiger partial charge in [0.15, 0.2) is 0 Å². The highest BCUT2D eigenvalue weighted by Crippen LogP contribution is 2.07. The molecule has 106 valence electrons. The number of rotatable bonds is 3. The quantitative estimate of drug-likeness (QED) is 0.708. The summed E-state index contributed by atoms with van der Waals surface area (Å²) in [4.78, 5) is 11.7. The Morgan fingerprint density at radius 2 is 2.30 bits per heavy atom. The van der Waals surface area contributed by atoms with Gasteiger partial charge in [-0.05, 0) is 18.1 Å². The molecule has 0 saturated carbocycles. The number of carbonyl (C=O) groups is 1. The lowest BCUT2D eigenvalue weighted by Crippen LogP contribution is -2.42. The van der Waals surface area contributed by atoms with Crippen molar-refractivity contribution in [1.82, 2.24) is 10.6 Å². The number of benzene rings is 1. The van der Waals surface area contributed by atoms with E-state index in [1.54, 1.807) is 0 Å². The zero-order chi connectivity index (χ0) is 14.2. The van der Waals surface area contributed by atoms with Crippen molar-refractivity contribution >= 4 is 6.03 Å². The number of urea groups is 1. The van der Waals surface area contributed by atoms with Crippen molar-refractivity contribution in [3.05, 3.63) is 35.4 Å². The summed E-state index contributed by atoms with van der Waals surface area (Å²) in [7, 11) is 0. The Labute approximate surface area is 118 Å². The third kappa shape index (κ3) is 4.26. The summed E-state index contributed by atoms with van der Waals surface area (Å²) in [6.45, 7) is 1.50. The first-order valence-electron chi connectivity index (χ1n) is 6.59. The first-order chi connectivity index (χ1) is 9.79. The van der Waals surface area contributed by atoms with Crippen LogP contribution in [0.5, 0.6) is 0 Å². The molecule has 0 spiro atoms. The van der Waals surface area contributed by atoms with E-state index in [-0.39, 0.29) is 18.7 Å². The molecule has 1 atom stereocenters. The van der Waals surface area contributed by atoms with Crippen LogP contribution in [-0.4, -0.2) is 37.0 Å². The summed E-state index contributed by atoms with van der Waals surface area (Å²) < 4.78 is 5.20. The van der Waals surface area contributed by atoms with Crippen molar-refractivity contribution < 1.29 is 14.6 Å². The predicted octanol–water partition coefficient (Wildman–Crippen LogP) is 0.618. The van der Waals surface area contributed by atoms with Gasteiger partial charge in [-0.15, -0.1) is 0 Å². The van der Waals surface area contributed by atoms with Gasteiger partial charge in [-0.25, -0.2) is 4.79 Å². The number of carbonyl (C=O) groups excluding carboxylic acids is 1. The summed E-state index contributed by atoms with van der Waals surface area (Å²) >= 11 is 0. The van der Waals surface area contributed by atoms with E-state index >= 15 is 0 Å². The molecule has 1 aliphatic rings. The molecule has 0 aromatic heterocycles. The van der Waals surface area contributed by atoms with Crippen LogP contribution in [0, 0.1) is 11.8 Å².